The molecule has 0 spiro atoms. The van der Waals surface area contributed by atoms with Crippen molar-refractivity contribution in [1.29, 1.82) is 0 Å². The number of anilines is 2. The maximum atomic E-state index is 13.9. The van der Waals surface area contributed by atoms with Crippen LogP contribution in [0.15, 0.2) is 58.7 Å². The van der Waals surface area contributed by atoms with Gasteiger partial charge in [-0.15, -0.1) is 5.10 Å². The molecule has 130 valence electrons. The minimum absolute atomic E-state index is 0.203. The maximum absolute atomic E-state index is 13.9. The van der Waals surface area contributed by atoms with Gasteiger partial charge in [-0.3, -0.25) is 0 Å². The van der Waals surface area contributed by atoms with Crippen LogP contribution in [0.1, 0.15) is 5.56 Å². The molecule has 0 radical (unpaired) electrons. The monoisotopic (exact) mass is 340 g/mol. The summed E-state index contributed by atoms with van der Waals surface area (Å²) in [5.41, 5.74) is 13.9. The minimum atomic E-state index is -0.203. The molecule has 1 aliphatic heterocycles. The summed E-state index contributed by atoms with van der Waals surface area (Å²) in [5, 5.41) is 8.07. The molecule has 0 aliphatic carbocycles. The summed E-state index contributed by atoms with van der Waals surface area (Å²) < 4.78 is 13.9. The number of para-hydroxylation sites is 1. The number of nitrogens with two attached hydrogens (primary N) is 2. The molecule has 6 nitrogen and oxygen atoms in total. The highest BCUT2D eigenvalue weighted by Crippen LogP contribution is 2.20. The Hall–Kier alpha value is -3.09. The number of guanidine groups is 1. The van der Waals surface area contributed by atoms with Gasteiger partial charge in [-0.05, 0) is 29.8 Å². The van der Waals surface area contributed by atoms with Crippen LogP contribution < -0.4 is 16.4 Å². The molecule has 2 aromatic carbocycles. The van der Waals surface area contributed by atoms with E-state index in [1.807, 2.05) is 28.0 Å². The van der Waals surface area contributed by atoms with Crippen molar-refractivity contribution in [2.24, 2.45) is 15.9 Å². The second-order valence-electron chi connectivity index (χ2n) is 5.79. The van der Waals surface area contributed by atoms with Gasteiger partial charge in [0.1, 0.15) is 5.82 Å². The van der Waals surface area contributed by atoms with Crippen molar-refractivity contribution in [3.05, 3.63) is 59.9 Å². The molecule has 0 atom stereocenters. The lowest BCUT2D eigenvalue weighted by atomic mass is 10.2. The summed E-state index contributed by atoms with van der Waals surface area (Å²) in [6.45, 7) is 2.69. The largest absolute Gasteiger partial charge is 0.399 e. The summed E-state index contributed by atoms with van der Waals surface area (Å²) in [6, 6.07) is 14.1. The number of rotatable bonds is 3. The van der Waals surface area contributed by atoms with Crippen LogP contribution in [0, 0.1) is 5.82 Å². The molecular formula is C18H21FN6. The predicted molar refractivity (Wildman–Crippen MR) is 100 cm³/mol. The Kier molecular flexibility index (Phi) is 5.13. The van der Waals surface area contributed by atoms with Gasteiger partial charge in [-0.1, -0.05) is 24.3 Å². The molecule has 7 heteroatoms. The Morgan fingerprint density at radius 1 is 1.00 bits per heavy atom. The van der Waals surface area contributed by atoms with Gasteiger partial charge in [0, 0.05) is 31.9 Å². The highest BCUT2D eigenvalue weighted by Gasteiger charge is 2.20. The Bertz CT molecular complexity index is 763. The number of halogens is 1. The quantitative estimate of drug-likeness (QED) is 0.387. The molecule has 0 aromatic heterocycles. The van der Waals surface area contributed by atoms with Gasteiger partial charge in [0.25, 0.3) is 0 Å². The van der Waals surface area contributed by atoms with E-state index >= 15 is 0 Å². The van der Waals surface area contributed by atoms with E-state index in [-0.39, 0.29) is 5.82 Å². The first kappa shape index (κ1) is 16.8. The fraction of sp³-hybridized carbons (Fsp3) is 0.222. The molecule has 0 saturated carbocycles. The molecule has 1 heterocycles. The van der Waals surface area contributed by atoms with E-state index in [1.54, 1.807) is 30.5 Å². The van der Waals surface area contributed by atoms with Crippen LogP contribution in [0.5, 0.6) is 0 Å². The topological polar surface area (TPSA) is 83.2 Å². The Labute approximate surface area is 146 Å². The van der Waals surface area contributed by atoms with E-state index in [0.29, 0.717) is 43.5 Å². The molecule has 3 rings (SSSR count). The van der Waals surface area contributed by atoms with Crippen LogP contribution in [0.4, 0.5) is 15.8 Å². The lowest BCUT2D eigenvalue weighted by Crippen LogP contribution is -2.51. The SMILES string of the molecule is N/C(=N\N=Cc1ccc(N)cc1)N1CCN(c2ccccc2F)CC1. The molecule has 0 bridgehead atoms. The molecule has 0 unspecified atom stereocenters. The van der Waals surface area contributed by atoms with Gasteiger partial charge >= 0.3 is 0 Å². The molecule has 4 N–H and O–H groups in total. The van der Waals surface area contributed by atoms with Crippen LogP contribution in [0.25, 0.3) is 0 Å². The van der Waals surface area contributed by atoms with Crippen molar-refractivity contribution in [3.8, 4) is 0 Å². The third-order valence-electron chi connectivity index (χ3n) is 4.10. The van der Waals surface area contributed by atoms with Crippen molar-refractivity contribution in [3.63, 3.8) is 0 Å². The second-order valence-corrected chi connectivity index (χ2v) is 5.79. The summed E-state index contributed by atoms with van der Waals surface area (Å²) in [4.78, 5) is 3.95. The Morgan fingerprint density at radius 3 is 2.36 bits per heavy atom. The van der Waals surface area contributed by atoms with Crippen LogP contribution in [-0.2, 0) is 0 Å². The van der Waals surface area contributed by atoms with Gasteiger partial charge in [-0.25, -0.2) is 4.39 Å². The zero-order chi connectivity index (χ0) is 17.6. The van der Waals surface area contributed by atoms with Gasteiger partial charge < -0.3 is 21.3 Å². The van der Waals surface area contributed by atoms with Crippen molar-refractivity contribution in [1.82, 2.24) is 4.90 Å². The zero-order valence-electron chi connectivity index (χ0n) is 13.8. The standard InChI is InChI=1S/C18H21FN6/c19-16-3-1-2-4-17(16)24-9-11-25(12-10-24)18(21)23-22-13-14-5-7-15(20)8-6-14/h1-8,13H,9-12,20H2,(H2,21,23). The van der Waals surface area contributed by atoms with Crippen molar-refractivity contribution >= 4 is 23.5 Å². The first-order valence-electron chi connectivity index (χ1n) is 8.10. The van der Waals surface area contributed by atoms with Gasteiger partial charge in [0.2, 0.25) is 5.96 Å². The average molecular weight is 340 g/mol. The van der Waals surface area contributed by atoms with Crippen LogP contribution in [0.3, 0.4) is 0 Å². The lowest BCUT2D eigenvalue weighted by Gasteiger charge is -2.36. The van der Waals surface area contributed by atoms with Crippen molar-refractivity contribution < 1.29 is 4.39 Å². The third-order valence-corrected chi connectivity index (χ3v) is 4.10. The normalized spacial score (nSPS) is 15.8. The van der Waals surface area contributed by atoms with E-state index in [9.17, 15) is 4.39 Å². The van der Waals surface area contributed by atoms with Crippen LogP contribution in [0.2, 0.25) is 0 Å². The lowest BCUT2D eigenvalue weighted by molar-refractivity contribution is 0.379. The Balaban J connectivity index is 1.57. The van der Waals surface area contributed by atoms with Gasteiger partial charge in [-0.2, -0.15) is 5.10 Å². The highest BCUT2D eigenvalue weighted by atomic mass is 19.1. The molecule has 25 heavy (non-hydrogen) atoms. The minimum Gasteiger partial charge on any atom is -0.399 e. The van der Waals surface area contributed by atoms with E-state index < -0.39 is 0 Å². The molecule has 1 aliphatic rings. The van der Waals surface area contributed by atoms with Gasteiger partial charge in [0.05, 0.1) is 11.9 Å². The van der Waals surface area contributed by atoms with E-state index in [2.05, 4.69) is 10.2 Å². The molecule has 2 aromatic rings. The predicted octanol–water partition coefficient (Wildman–Crippen LogP) is 1.88. The van der Waals surface area contributed by atoms with Gasteiger partial charge in [0.15, 0.2) is 0 Å². The summed E-state index contributed by atoms with van der Waals surface area (Å²) in [6.07, 6.45) is 1.63. The van der Waals surface area contributed by atoms with Crippen LogP contribution >= 0.6 is 0 Å². The highest BCUT2D eigenvalue weighted by molar-refractivity contribution is 5.82. The van der Waals surface area contributed by atoms with Crippen LogP contribution in [-0.4, -0.2) is 43.3 Å². The van der Waals surface area contributed by atoms with E-state index in [0.717, 1.165) is 5.56 Å². The number of hydrogen-bond donors (Lipinski definition) is 2. The molecule has 1 saturated heterocycles. The third kappa shape index (κ3) is 4.26. The number of benzene rings is 2. The smallest absolute Gasteiger partial charge is 0.216 e. The first-order chi connectivity index (χ1) is 12.1. The van der Waals surface area contributed by atoms with Crippen molar-refractivity contribution in [2.75, 3.05) is 36.8 Å². The van der Waals surface area contributed by atoms with E-state index in [1.165, 1.54) is 6.07 Å². The second kappa shape index (κ2) is 7.65. The summed E-state index contributed by atoms with van der Waals surface area (Å²) in [7, 11) is 0. The first-order valence-corrected chi connectivity index (χ1v) is 8.10. The van der Waals surface area contributed by atoms with Crippen molar-refractivity contribution in [2.45, 2.75) is 0 Å². The maximum Gasteiger partial charge on any atom is 0.216 e. The molecule has 1 fully saturated rings. The fourth-order valence-electron chi connectivity index (χ4n) is 2.68. The Morgan fingerprint density at radius 2 is 1.68 bits per heavy atom. The molecular weight excluding hydrogens is 319 g/mol. The number of piperazine rings is 1. The fourth-order valence-corrected chi connectivity index (χ4v) is 2.68. The summed E-state index contributed by atoms with van der Waals surface area (Å²) in [5.74, 6) is 0.158. The number of nitrogens with zero attached hydrogens (tertiary/aromatic N) is 4. The molecule has 0 amide bonds. The summed E-state index contributed by atoms with van der Waals surface area (Å²) >= 11 is 0. The zero-order valence-corrected chi connectivity index (χ0v) is 13.8. The van der Waals surface area contributed by atoms with E-state index in [4.69, 9.17) is 11.5 Å². The number of nitrogen functional groups attached to an aromatic ring is 1. The average Bonchev–Trinajstić information content (AvgIpc) is 2.64. The number of hydrogen-bond acceptors (Lipinski definition) is 4.